The maximum Gasteiger partial charge on any atom is 0.253 e. The van der Waals surface area contributed by atoms with Crippen LogP contribution >= 0.6 is 27.5 Å². The molecule has 1 heterocycles. The van der Waals surface area contributed by atoms with E-state index in [0.717, 1.165) is 28.0 Å². The summed E-state index contributed by atoms with van der Waals surface area (Å²) in [5.41, 5.74) is 1.42. The van der Waals surface area contributed by atoms with Crippen LogP contribution in [-0.4, -0.2) is 19.1 Å². The van der Waals surface area contributed by atoms with Gasteiger partial charge < -0.3 is 14.8 Å². The molecule has 1 unspecified atom stereocenters. The van der Waals surface area contributed by atoms with Gasteiger partial charge in [-0.15, -0.1) is 0 Å². The quantitative estimate of drug-likeness (QED) is 0.696. The highest BCUT2D eigenvalue weighted by Crippen LogP contribution is 2.34. The van der Waals surface area contributed by atoms with Gasteiger partial charge in [0.1, 0.15) is 0 Å². The molecule has 1 N–H and O–H groups in total. The highest BCUT2D eigenvalue weighted by molar-refractivity contribution is 9.10. The van der Waals surface area contributed by atoms with Gasteiger partial charge >= 0.3 is 0 Å². The fraction of sp³-hybridized carbons (Fsp3) is 0.350. The summed E-state index contributed by atoms with van der Waals surface area (Å²) < 4.78 is 12.3. The monoisotopic (exact) mass is 437 g/mol. The van der Waals surface area contributed by atoms with E-state index >= 15 is 0 Å². The van der Waals surface area contributed by atoms with Gasteiger partial charge in [-0.25, -0.2) is 0 Å². The Labute approximate surface area is 167 Å². The first kappa shape index (κ1) is 19.1. The molecule has 0 saturated heterocycles. The Hall–Kier alpha value is -1.72. The molecule has 26 heavy (non-hydrogen) atoms. The molecular weight excluding hydrogens is 418 g/mol. The van der Waals surface area contributed by atoms with Gasteiger partial charge in [-0.3, -0.25) is 4.79 Å². The number of carbonyl (C=O) groups is 1. The number of ether oxygens (including phenoxy) is 2. The molecule has 138 valence electrons. The van der Waals surface area contributed by atoms with E-state index in [1.54, 1.807) is 12.1 Å². The zero-order valence-electron chi connectivity index (χ0n) is 14.7. The molecule has 2 aromatic rings. The van der Waals surface area contributed by atoms with E-state index in [1.165, 1.54) is 0 Å². The smallest absolute Gasteiger partial charge is 0.253 e. The predicted octanol–water partition coefficient (Wildman–Crippen LogP) is 5.39. The van der Waals surface area contributed by atoms with Crippen LogP contribution in [-0.2, 0) is 0 Å². The standard InChI is InChI=1S/C20H21BrClNO3/c1-12(2)19(23-20(24)15-11-14(21)5-6-16(15)22)13-4-7-17-18(10-13)26-9-3-8-25-17/h4-7,10-12,19H,3,8-9H2,1-2H3,(H,23,24). The molecule has 1 amide bonds. The van der Waals surface area contributed by atoms with Gasteiger partial charge in [0.15, 0.2) is 11.5 Å². The fourth-order valence-corrected chi connectivity index (χ4v) is 3.46. The number of nitrogens with one attached hydrogen (secondary N) is 1. The Morgan fingerprint density at radius 1 is 1.12 bits per heavy atom. The second-order valence-corrected chi connectivity index (χ2v) is 7.90. The molecule has 6 heteroatoms. The van der Waals surface area contributed by atoms with Gasteiger partial charge in [-0.2, -0.15) is 0 Å². The van der Waals surface area contributed by atoms with E-state index in [9.17, 15) is 4.79 Å². The molecule has 0 aliphatic carbocycles. The van der Waals surface area contributed by atoms with Crippen molar-refractivity contribution in [2.45, 2.75) is 26.3 Å². The van der Waals surface area contributed by atoms with E-state index in [1.807, 2.05) is 24.3 Å². The third-order valence-corrected chi connectivity index (χ3v) is 5.08. The number of hydrogen-bond donors (Lipinski definition) is 1. The van der Waals surface area contributed by atoms with Crippen molar-refractivity contribution in [3.05, 3.63) is 57.0 Å². The van der Waals surface area contributed by atoms with Gasteiger partial charge in [0, 0.05) is 10.9 Å². The maximum atomic E-state index is 12.8. The van der Waals surface area contributed by atoms with Crippen LogP contribution in [0.3, 0.4) is 0 Å². The first-order chi connectivity index (χ1) is 12.5. The van der Waals surface area contributed by atoms with Crippen molar-refractivity contribution in [1.29, 1.82) is 0 Å². The minimum Gasteiger partial charge on any atom is -0.490 e. The number of halogens is 2. The second-order valence-electron chi connectivity index (χ2n) is 6.58. The van der Waals surface area contributed by atoms with Crippen molar-refractivity contribution in [2.24, 2.45) is 5.92 Å². The third kappa shape index (κ3) is 4.33. The van der Waals surface area contributed by atoms with Crippen molar-refractivity contribution >= 4 is 33.4 Å². The molecule has 4 nitrogen and oxygen atoms in total. The summed E-state index contributed by atoms with van der Waals surface area (Å²) in [5, 5.41) is 3.52. The predicted molar refractivity (Wildman–Crippen MR) is 106 cm³/mol. The summed E-state index contributed by atoms with van der Waals surface area (Å²) in [6.07, 6.45) is 0.857. The highest BCUT2D eigenvalue weighted by atomic mass is 79.9. The van der Waals surface area contributed by atoms with Crippen LogP contribution in [0.1, 0.15) is 42.2 Å². The second kappa shape index (κ2) is 8.31. The van der Waals surface area contributed by atoms with Gasteiger partial charge in [-0.05, 0) is 41.8 Å². The van der Waals surface area contributed by atoms with Crippen LogP contribution in [0.25, 0.3) is 0 Å². The largest absolute Gasteiger partial charge is 0.490 e. The van der Waals surface area contributed by atoms with Crippen LogP contribution in [0.4, 0.5) is 0 Å². The van der Waals surface area contributed by atoms with Crippen LogP contribution in [0, 0.1) is 5.92 Å². The summed E-state index contributed by atoms with van der Waals surface area (Å²) >= 11 is 9.58. The Bertz CT molecular complexity index is 810. The lowest BCUT2D eigenvalue weighted by molar-refractivity contribution is 0.0925. The summed E-state index contributed by atoms with van der Waals surface area (Å²) in [5.74, 6) is 1.45. The molecule has 3 rings (SSSR count). The van der Waals surface area contributed by atoms with Crippen LogP contribution < -0.4 is 14.8 Å². The number of benzene rings is 2. The number of rotatable bonds is 4. The zero-order chi connectivity index (χ0) is 18.7. The number of hydrogen-bond acceptors (Lipinski definition) is 3. The zero-order valence-corrected chi connectivity index (χ0v) is 17.1. The summed E-state index contributed by atoms with van der Waals surface area (Å²) in [7, 11) is 0. The van der Waals surface area contributed by atoms with Crippen LogP contribution in [0.5, 0.6) is 11.5 Å². The number of carbonyl (C=O) groups excluding carboxylic acids is 1. The van der Waals surface area contributed by atoms with E-state index in [4.69, 9.17) is 21.1 Å². The van der Waals surface area contributed by atoms with E-state index in [2.05, 4.69) is 35.1 Å². The average Bonchev–Trinajstić information content (AvgIpc) is 2.86. The lowest BCUT2D eigenvalue weighted by atomic mass is 9.95. The van der Waals surface area contributed by atoms with Crippen LogP contribution in [0.15, 0.2) is 40.9 Å². The molecule has 1 aliphatic rings. The summed E-state index contributed by atoms with van der Waals surface area (Å²) in [6, 6.07) is 10.9. The van der Waals surface area contributed by atoms with Crippen molar-refractivity contribution in [3.63, 3.8) is 0 Å². The van der Waals surface area contributed by atoms with Crippen LogP contribution in [0.2, 0.25) is 5.02 Å². The van der Waals surface area contributed by atoms with Gasteiger partial charge in [0.2, 0.25) is 0 Å². The lowest BCUT2D eigenvalue weighted by Gasteiger charge is -2.24. The lowest BCUT2D eigenvalue weighted by Crippen LogP contribution is -2.32. The summed E-state index contributed by atoms with van der Waals surface area (Å²) in [4.78, 5) is 12.8. The molecule has 0 aromatic heterocycles. The Morgan fingerprint density at radius 3 is 2.58 bits per heavy atom. The van der Waals surface area contributed by atoms with E-state index in [-0.39, 0.29) is 17.9 Å². The van der Waals surface area contributed by atoms with Gasteiger partial charge in [0.25, 0.3) is 5.91 Å². The number of fused-ring (bicyclic) bond motifs is 1. The first-order valence-corrected chi connectivity index (χ1v) is 9.78. The normalized spacial score (nSPS) is 14.7. The highest BCUT2D eigenvalue weighted by Gasteiger charge is 2.22. The van der Waals surface area contributed by atoms with Gasteiger partial charge in [-0.1, -0.05) is 47.4 Å². The minimum absolute atomic E-state index is 0.172. The molecule has 0 radical (unpaired) electrons. The molecule has 0 saturated carbocycles. The van der Waals surface area contributed by atoms with Gasteiger partial charge in [0.05, 0.1) is 29.8 Å². The van der Waals surface area contributed by atoms with Crippen molar-refractivity contribution in [1.82, 2.24) is 5.32 Å². The maximum absolute atomic E-state index is 12.8. The van der Waals surface area contributed by atoms with Crippen molar-refractivity contribution in [2.75, 3.05) is 13.2 Å². The first-order valence-electron chi connectivity index (χ1n) is 8.61. The molecular formula is C20H21BrClNO3. The average molecular weight is 439 g/mol. The van der Waals surface area contributed by atoms with Crippen molar-refractivity contribution < 1.29 is 14.3 Å². The van der Waals surface area contributed by atoms with E-state index < -0.39 is 0 Å². The molecule has 0 bridgehead atoms. The summed E-state index contributed by atoms with van der Waals surface area (Å²) in [6.45, 7) is 5.41. The Morgan fingerprint density at radius 2 is 1.85 bits per heavy atom. The topological polar surface area (TPSA) is 47.6 Å². The SMILES string of the molecule is CC(C)C(NC(=O)c1cc(Br)ccc1Cl)c1ccc2c(c1)OCCCO2. The van der Waals surface area contributed by atoms with E-state index in [0.29, 0.717) is 23.8 Å². The molecule has 2 aromatic carbocycles. The molecule has 1 aliphatic heterocycles. The van der Waals surface area contributed by atoms with Crippen molar-refractivity contribution in [3.8, 4) is 11.5 Å². The number of amides is 1. The Balaban J connectivity index is 1.87. The third-order valence-electron chi connectivity index (χ3n) is 4.26. The minimum atomic E-state index is -0.206. The Kier molecular flexibility index (Phi) is 6.09. The molecule has 0 fully saturated rings. The molecule has 0 spiro atoms. The molecule has 1 atom stereocenters. The fourth-order valence-electron chi connectivity index (χ4n) is 2.90.